The van der Waals surface area contributed by atoms with Crippen LogP contribution in [0.25, 0.3) is 5.70 Å². The molecule has 8 nitrogen and oxygen atoms in total. The molecule has 3 heterocycles. The maximum atomic E-state index is 13.5. The number of hydrogen-bond donors (Lipinski definition) is 0. The number of halogens is 1. The van der Waals surface area contributed by atoms with Crippen LogP contribution in [0.15, 0.2) is 91.0 Å². The number of aromatic nitrogens is 4. The van der Waals surface area contributed by atoms with Crippen molar-refractivity contribution in [2.75, 3.05) is 42.5 Å². The number of anilines is 2. The Morgan fingerprint density at radius 1 is 0.865 bits per heavy atom. The van der Waals surface area contributed by atoms with E-state index in [0.29, 0.717) is 32.1 Å². The van der Waals surface area contributed by atoms with Gasteiger partial charge in [0.25, 0.3) is 5.95 Å². The van der Waals surface area contributed by atoms with Crippen LogP contribution in [0.2, 0.25) is 0 Å². The lowest BCUT2D eigenvalue weighted by molar-refractivity contribution is -0.129. The summed E-state index contributed by atoms with van der Waals surface area (Å²) >= 11 is 0. The summed E-state index contributed by atoms with van der Waals surface area (Å²) in [4.78, 5) is 19.5. The largest absolute Gasteiger partial charge is 0.368 e. The molecule has 0 spiro atoms. The minimum Gasteiger partial charge on any atom is -0.368 e. The summed E-state index contributed by atoms with van der Waals surface area (Å²) in [6, 6.07) is 26.4. The van der Waals surface area contributed by atoms with E-state index in [-0.39, 0.29) is 24.3 Å². The number of piperazine rings is 1. The molecule has 1 saturated heterocycles. The lowest BCUT2D eigenvalue weighted by Gasteiger charge is -2.38. The number of amides is 1. The van der Waals surface area contributed by atoms with Crippen molar-refractivity contribution in [3.8, 4) is 0 Å². The minimum absolute atomic E-state index is 0.00768. The molecule has 1 atom stereocenters. The topological polar surface area (TPSA) is 70.4 Å². The van der Waals surface area contributed by atoms with E-state index in [1.807, 2.05) is 58.3 Å². The standard InChI is InChI=1S/C28H26FN7O/c29-23-11-13-24(14-12-23)33-15-17-34(18-16-33)27(37)20-35-25(21-7-3-1-4-8-21)19-26(22-9-5-2-6-10-22)36-28(35)30-31-32-36/h1-14,19,26H,15-18,20H2/t26-/m0/s1. The molecule has 0 unspecified atom stereocenters. The number of carbonyl (C=O) groups is 1. The van der Waals surface area contributed by atoms with Crippen LogP contribution in [0.5, 0.6) is 0 Å². The van der Waals surface area contributed by atoms with Crippen molar-refractivity contribution in [3.05, 3.63) is 108 Å². The van der Waals surface area contributed by atoms with E-state index in [2.05, 4.69) is 38.6 Å². The quantitative estimate of drug-likeness (QED) is 0.421. The number of allylic oxidation sites excluding steroid dienone is 1. The molecule has 0 N–H and O–H groups in total. The molecule has 0 bridgehead atoms. The van der Waals surface area contributed by atoms with Crippen molar-refractivity contribution in [2.45, 2.75) is 6.04 Å². The van der Waals surface area contributed by atoms with E-state index in [1.54, 1.807) is 16.8 Å². The molecule has 2 aliphatic heterocycles. The van der Waals surface area contributed by atoms with E-state index in [4.69, 9.17) is 0 Å². The summed E-state index contributed by atoms with van der Waals surface area (Å²) in [5.41, 5.74) is 3.92. The van der Waals surface area contributed by atoms with Crippen molar-refractivity contribution in [3.63, 3.8) is 0 Å². The fourth-order valence-electron chi connectivity index (χ4n) is 4.97. The number of benzene rings is 3. The first-order valence-electron chi connectivity index (χ1n) is 12.3. The molecular weight excluding hydrogens is 469 g/mol. The lowest BCUT2D eigenvalue weighted by atomic mass is 10.0. The SMILES string of the molecule is O=C(CN1C(c2ccccc2)=C[C@@H](c2ccccc2)n2nnnc21)N1CCN(c2ccc(F)cc2)CC1. The van der Waals surface area contributed by atoms with E-state index in [0.717, 1.165) is 22.5 Å². The Morgan fingerprint density at radius 3 is 2.24 bits per heavy atom. The van der Waals surface area contributed by atoms with Gasteiger partial charge in [0.1, 0.15) is 18.4 Å². The predicted molar refractivity (Wildman–Crippen MR) is 139 cm³/mol. The Balaban J connectivity index is 1.25. The zero-order valence-corrected chi connectivity index (χ0v) is 20.2. The maximum Gasteiger partial charge on any atom is 0.251 e. The van der Waals surface area contributed by atoms with Gasteiger partial charge in [0.15, 0.2) is 0 Å². The molecule has 186 valence electrons. The van der Waals surface area contributed by atoms with Gasteiger partial charge in [0.05, 0.1) is 5.70 Å². The molecule has 6 rings (SSSR count). The van der Waals surface area contributed by atoms with Gasteiger partial charge in [-0.1, -0.05) is 65.8 Å². The second-order valence-corrected chi connectivity index (χ2v) is 9.13. The summed E-state index contributed by atoms with van der Waals surface area (Å²) < 4.78 is 15.1. The van der Waals surface area contributed by atoms with Crippen molar-refractivity contribution >= 4 is 23.2 Å². The van der Waals surface area contributed by atoms with Gasteiger partial charge >= 0.3 is 0 Å². The Kier molecular flexibility index (Phi) is 6.10. The molecule has 9 heteroatoms. The van der Waals surface area contributed by atoms with Crippen LogP contribution < -0.4 is 9.80 Å². The van der Waals surface area contributed by atoms with Crippen LogP contribution in [0.4, 0.5) is 16.0 Å². The molecule has 4 aromatic rings. The van der Waals surface area contributed by atoms with Crippen molar-refractivity contribution in [1.29, 1.82) is 0 Å². The maximum absolute atomic E-state index is 13.5. The first kappa shape index (κ1) is 22.9. The number of rotatable bonds is 5. The Hall–Kier alpha value is -4.53. The lowest BCUT2D eigenvalue weighted by Crippen LogP contribution is -2.51. The number of fused-ring (bicyclic) bond motifs is 1. The fourth-order valence-corrected chi connectivity index (χ4v) is 4.97. The second-order valence-electron chi connectivity index (χ2n) is 9.13. The summed E-state index contributed by atoms with van der Waals surface area (Å²) in [6.07, 6.45) is 2.12. The number of carbonyl (C=O) groups excluding carboxylic acids is 1. The van der Waals surface area contributed by atoms with Crippen LogP contribution in [-0.4, -0.2) is 63.7 Å². The Labute approximate surface area is 214 Å². The third kappa shape index (κ3) is 4.55. The highest BCUT2D eigenvalue weighted by Gasteiger charge is 2.33. The van der Waals surface area contributed by atoms with Gasteiger partial charge < -0.3 is 9.80 Å². The minimum atomic E-state index is -0.252. The average molecular weight is 496 g/mol. The number of nitrogens with zero attached hydrogens (tertiary/aromatic N) is 7. The highest BCUT2D eigenvalue weighted by molar-refractivity contribution is 5.89. The highest BCUT2D eigenvalue weighted by Crippen LogP contribution is 2.36. The van der Waals surface area contributed by atoms with Gasteiger partial charge in [-0.2, -0.15) is 4.68 Å². The van der Waals surface area contributed by atoms with Crippen LogP contribution >= 0.6 is 0 Å². The molecule has 1 fully saturated rings. The third-order valence-electron chi connectivity index (χ3n) is 6.92. The molecule has 37 heavy (non-hydrogen) atoms. The molecule has 2 aliphatic rings. The zero-order chi connectivity index (χ0) is 25.2. The first-order valence-corrected chi connectivity index (χ1v) is 12.3. The summed E-state index contributed by atoms with van der Waals surface area (Å²) in [5.74, 6) is 0.292. The van der Waals surface area contributed by atoms with Crippen molar-refractivity contribution in [2.24, 2.45) is 0 Å². The normalized spacial score (nSPS) is 17.4. The predicted octanol–water partition coefficient (Wildman–Crippen LogP) is 3.61. The van der Waals surface area contributed by atoms with Crippen LogP contribution in [0.3, 0.4) is 0 Å². The van der Waals surface area contributed by atoms with Gasteiger partial charge in [-0.25, -0.2) is 4.39 Å². The van der Waals surface area contributed by atoms with Crippen LogP contribution in [0.1, 0.15) is 17.2 Å². The highest BCUT2D eigenvalue weighted by atomic mass is 19.1. The molecule has 0 radical (unpaired) electrons. The number of hydrogen-bond acceptors (Lipinski definition) is 6. The van der Waals surface area contributed by atoms with E-state index in [1.165, 1.54) is 12.1 Å². The molecule has 3 aromatic carbocycles. The second kappa shape index (κ2) is 9.85. The summed E-state index contributed by atoms with van der Waals surface area (Å²) in [7, 11) is 0. The smallest absolute Gasteiger partial charge is 0.251 e. The Morgan fingerprint density at radius 2 is 1.54 bits per heavy atom. The monoisotopic (exact) mass is 495 g/mol. The molecule has 1 amide bonds. The van der Waals surface area contributed by atoms with E-state index >= 15 is 0 Å². The van der Waals surface area contributed by atoms with Crippen LogP contribution in [-0.2, 0) is 4.79 Å². The van der Waals surface area contributed by atoms with Crippen LogP contribution in [0, 0.1) is 5.82 Å². The van der Waals surface area contributed by atoms with Crippen molar-refractivity contribution in [1.82, 2.24) is 25.1 Å². The molecule has 1 aromatic heterocycles. The van der Waals surface area contributed by atoms with Gasteiger partial charge in [0.2, 0.25) is 5.91 Å². The summed E-state index contributed by atoms with van der Waals surface area (Å²) in [6.45, 7) is 2.68. The first-order chi connectivity index (χ1) is 18.2. The van der Waals surface area contributed by atoms with E-state index in [9.17, 15) is 9.18 Å². The van der Waals surface area contributed by atoms with E-state index < -0.39 is 0 Å². The number of tetrazole rings is 1. The molecule has 0 saturated carbocycles. The van der Waals surface area contributed by atoms with Crippen molar-refractivity contribution < 1.29 is 9.18 Å². The molecule has 0 aliphatic carbocycles. The average Bonchev–Trinajstić information content (AvgIpc) is 3.45. The summed E-state index contributed by atoms with van der Waals surface area (Å²) in [5, 5.41) is 12.6. The van der Waals surface area contributed by atoms with Gasteiger partial charge in [0, 0.05) is 31.9 Å². The van der Waals surface area contributed by atoms with Gasteiger partial charge in [-0.15, -0.1) is 0 Å². The third-order valence-corrected chi connectivity index (χ3v) is 6.92. The van der Waals surface area contributed by atoms with Gasteiger partial charge in [-0.3, -0.25) is 9.69 Å². The fraction of sp³-hybridized carbons (Fsp3) is 0.214. The molecular formula is C28H26FN7O. The zero-order valence-electron chi connectivity index (χ0n) is 20.2. The van der Waals surface area contributed by atoms with Gasteiger partial charge in [-0.05, 0) is 51.9 Å². The Bertz CT molecular complexity index is 1400.